The quantitative estimate of drug-likeness (QED) is 0.828. The van der Waals surface area contributed by atoms with Gasteiger partial charge in [0, 0.05) is 26.0 Å². The lowest BCUT2D eigenvalue weighted by Gasteiger charge is -2.30. The van der Waals surface area contributed by atoms with E-state index in [0.29, 0.717) is 13.1 Å². The number of aromatic nitrogens is 2. The van der Waals surface area contributed by atoms with Crippen molar-refractivity contribution in [2.24, 2.45) is 11.1 Å². The SMILES string of the molecule is CC(C(=O)N(C)CC(C)(C)CN)n1cccn1. The van der Waals surface area contributed by atoms with Crippen molar-refractivity contribution < 1.29 is 4.79 Å². The molecule has 96 valence electrons. The number of likely N-dealkylation sites (N-methyl/N-ethyl adjacent to an activating group) is 1. The first kappa shape index (κ1) is 13.7. The average molecular weight is 238 g/mol. The molecule has 1 amide bonds. The van der Waals surface area contributed by atoms with Crippen molar-refractivity contribution in [3.63, 3.8) is 0 Å². The van der Waals surface area contributed by atoms with Gasteiger partial charge in [0.25, 0.3) is 0 Å². The van der Waals surface area contributed by atoms with Crippen molar-refractivity contribution in [1.82, 2.24) is 14.7 Å². The van der Waals surface area contributed by atoms with Gasteiger partial charge in [-0.1, -0.05) is 13.8 Å². The highest BCUT2D eigenvalue weighted by Crippen LogP contribution is 2.16. The molecule has 2 N–H and O–H groups in total. The maximum atomic E-state index is 12.2. The summed E-state index contributed by atoms with van der Waals surface area (Å²) in [4.78, 5) is 13.9. The maximum absolute atomic E-state index is 12.2. The van der Waals surface area contributed by atoms with E-state index in [0.717, 1.165) is 0 Å². The number of carbonyl (C=O) groups excluding carboxylic acids is 1. The van der Waals surface area contributed by atoms with Crippen LogP contribution in [0.1, 0.15) is 26.8 Å². The Balaban J connectivity index is 2.64. The molecule has 0 saturated heterocycles. The number of rotatable bonds is 5. The van der Waals surface area contributed by atoms with E-state index in [2.05, 4.69) is 18.9 Å². The van der Waals surface area contributed by atoms with Crippen LogP contribution in [0.4, 0.5) is 0 Å². The smallest absolute Gasteiger partial charge is 0.246 e. The van der Waals surface area contributed by atoms with Crippen LogP contribution < -0.4 is 5.73 Å². The highest BCUT2D eigenvalue weighted by Gasteiger charge is 2.25. The predicted octanol–water partition coefficient (Wildman–Crippen LogP) is 0.887. The Hall–Kier alpha value is -1.36. The molecule has 0 aromatic carbocycles. The van der Waals surface area contributed by atoms with E-state index in [1.54, 1.807) is 29.0 Å². The second kappa shape index (κ2) is 5.31. The monoisotopic (exact) mass is 238 g/mol. The zero-order valence-corrected chi connectivity index (χ0v) is 11.1. The molecule has 0 bridgehead atoms. The third-order valence-corrected chi connectivity index (χ3v) is 2.87. The van der Waals surface area contributed by atoms with Gasteiger partial charge in [0.15, 0.2) is 0 Å². The number of amides is 1. The van der Waals surface area contributed by atoms with E-state index < -0.39 is 0 Å². The second-order valence-corrected chi connectivity index (χ2v) is 5.22. The van der Waals surface area contributed by atoms with Gasteiger partial charge >= 0.3 is 0 Å². The summed E-state index contributed by atoms with van der Waals surface area (Å²) in [6.45, 7) is 7.15. The Labute approximate surface area is 103 Å². The molecule has 0 aliphatic rings. The summed E-state index contributed by atoms with van der Waals surface area (Å²) in [5.41, 5.74) is 5.61. The van der Waals surface area contributed by atoms with E-state index in [4.69, 9.17) is 5.73 Å². The molecular formula is C12H22N4O. The lowest BCUT2D eigenvalue weighted by atomic mass is 9.93. The molecule has 0 aliphatic carbocycles. The third kappa shape index (κ3) is 3.56. The lowest BCUT2D eigenvalue weighted by molar-refractivity contribution is -0.134. The molecule has 0 fully saturated rings. The Morgan fingerprint density at radius 1 is 1.59 bits per heavy atom. The fourth-order valence-electron chi connectivity index (χ4n) is 1.73. The molecular weight excluding hydrogens is 216 g/mol. The van der Waals surface area contributed by atoms with Crippen LogP contribution in [0.15, 0.2) is 18.5 Å². The van der Waals surface area contributed by atoms with Crippen LogP contribution in [0.5, 0.6) is 0 Å². The number of hydrogen-bond donors (Lipinski definition) is 1. The van der Waals surface area contributed by atoms with Crippen molar-refractivity contribution in [3.8, 4) is 0 Å². The fourth-order valence-corrected chi connectivity index (χ4v) is 1.73. The van der Waals surface area contributed by atoms with Crippen LogP contribution in [0.2, 0.25) is 0 Å². The van der Waals surface area contributed by atoms with Crippen molar-refractivity contribution in [3.05, 3.63) is 18.5 Å². The molecule has 1 rings (SSSR count). The second-order valence-electron chi connectivity index (χ2n) is 5.22. The summed E-state index contributed by atoms with van der Waals surface area (Å²) in [7, 11) is 1.81. The van der Waals surface area contributed by atoms with E-state index in [1.807, 2.05) is 13.0 Å². The third-order valence-electron chi connectivity index (χ3n) is 2.87. The first-order valence-corrected chi connectivity index (χ1v) is 5.81. The van der Waals surface area contributed by atoms with Gasteiger partial charge < -0.3 is 10.6 Å². The van der Waals surface area contributed by atoms with Crippen LogP contribution in [0.3, 0.4) is 0 Å². The van der Waals surface area contributed by atoms with Crippen LogP contribution in [-0.4, -0.2) is 40.7 Å². The van der Waals surface area contributed by atoms with Crippen LogP contribution in [0, 0.1) is 5.41 Å². The van der Waals surface area contributed by atoms with Crippen molar-refractivity contribution >= 4 is 5.91 Å². The summed E-state index contributed by atoms with van der Waals surface area (Å²) in [6, 6.07) is 1.54. The summed E-state index contributed by atoms with van der Waals surface area (Å²) in [5, 5.41) is 4.08. The molecule has 1 aromatic heterocycles. The highest BCUT2D eigenvalue weighted by atomic mass is 16.2. The number of carbonyl (C=O) groups is 1. The first-order chi connectivity index (χ1) is 7.87. The van der Waals surface area contributed by atoms with E-state index in [1.165, 1.54) is 0 Å². The Bertz CT molecular complexity index is 359. The molecule has 0 saturated carbocycles. The summed E-state index contributed by atoms with van der Waals surface area (Å²) >= 11 is 0. The van der Waals surface area contributed by atoms with E-state index >= 15 is 0 Å². The summed E-state index contributed by atoms with van der Waals surface area (Å²) in [5.74, 6) is 0.0511. The summed E-state index contributed by atoms with van der Waals surface area (Å²) < 4.78 is 1.66. The Kier molecular flexibility index (Phi) is 4.28. The van der Waals surface area contributed by atoms with Gasteiger partial charge in [-0.2, -0.15) is 5.10 Å². The standard InChI is InChI=1S/C12H22N4O/c1-10(16-7-5-6-14-16)11(17)15(4)9-12(2,3)8-13/h5-7,10H,8-9,13H2,1-4H3. The predicted molar refractivity (Wildman–Crippen MR) is 67.4 cm³/mol. The molecule has 0 aliphatic heterocycles. The summed E-state index contributed by atoms with van der Waals surface area (Å²) in [6.07, 6.45) is 3.47. The molecule has 1 atom stereocenters. The molecule has 1 heterocycles. The van der Waals surface area contributed by atoms with Gasteiger partial charge in [-0.3, -0.25) is 9.48 Å². The Morgan fingerprint density at radius 3 is 2.71 bits per heavy atom. The van der Waals surface area contributed by atoms with Gasteiger partial charge in [-0.15, -0.1) is 0 Å². The topological polar surface area (TPSA) is 64.2 Å². The van der Waals surface area contributed by atoms with Crippen LogP contribution in [0.25, 0.3) is 0 Å². The average Bonchev–Trinajstić information content (AvgIpc) is 2.80. The molecule has 5 heteroatoms. The largest absolute Gasteiger partial charge is 0.343 e. The number of nitrogens with zero attached hydrogens (tertiary/aromatic N) is 3. The van der Waals surface area contributed by atoms with Gasteiger partial charge in [-0.05, 0) is 24.9 Å². The van der Waals surface area contributed by atoms with E-state index in [-0.39, 0.29) is 17.4 Å². The molecule has 17 heavy (non-hydrogen) atoms. The molecule has 5 nitrogen and oxygen atoms in total. The van der Waals surface area contributed by atoms with Crippen LogP contribution >= 0.6 is 0 Å². The zero-order chi connectivity index (χ0) is 13.1. The lowest BCUT2D eigenvalue weighted by Crippen LogP contribution is -2.42. The van der Waals surface area contributed by atoms with Crippen molar-refractivity contribution in [1.29, 1.82) is 0 Å². The van der Waals surface area contributed by atoms with Crippen molar-refractivity contribution in [2.45, 2.75) is 26.8 Å². The molecule has 0 radical (unpaired) electrons. The molecule has 1 unspecified atom stereocenters. The highest BCUT2D eigenvalue weighted by molar-refractivity contribution is 5.79. The number of hydrogen-bond acceptors (Lipinski definition) is 3. The van der Waals surface area contributed by atoms with E-state index in [9.17, 15) is 4.79 Å². The number of nitrogens with two attached hydrogens (primary N) is 1. The minimum atomic E-state index is -0.274. The maximum Gasteiger partial charge on any atom is 0.246 e. The van der Waals surface area contributed by atoms with Gasteiger partial charge in [0.2, 0.25) is 5.91 Å². The molecule has 0 spiro atoms. The van der Waals surface area contributed by atoms with Crippen molar-refractivity contribution in [2.75, 3.05) is 20.1 Å². The minimum Gasteiger partial charge on any atom is -0.343 e. The zero-order valence-electron chi connectivity index (χ0n) is 11.1. The fraction of sp³-hybridized carbons (Fsp3) is 0.667. The normalized spacial score (nSPS) is 13.5. The minimum absolute atomic E-state index is 0.0511. The van der Waals surface area contributed by atoms with Gasteiger partial charge in [-0.25, -0.2) is 0 Å². The van der Waals surface area contributed by atoms with Crippen LogP contribution in [-0.2, 0) is 4.79 Å². The Morgan fingerprint density at radius 2 is 2.24 bits per heavy atom. The molecule has 1 aromatic rings. The first-order valence-electron chi connectivity index (χ1n) is 5.81. The van der Waals surface area contributed by atoms with Gasteiger partial charge in [0.1, 0.15) is 6.04 Å². The van der Waals surface area contributed by atoms with Gasteiger partial charge in [0.05, 0.1) is 0 Å².